The first-order valence-electron chi connectivity index (χ1n) is 11.7. The van der Waals surface area contributed by atoms with Crippen LogP contribution in [-0.2, 0) is 4.74 Å². The van der Waals surface area contributed by atoms with E-state index in [-0.39, 0.29) is 23.9 Å². The number of imidazole rings is 1. The first-order chi connectivity index (χ1) is 16.6. The molecule has 1 aromatic heterocycles. The van der Waals surface area contributed by atoms with Gasteiger partial charge >= 0.3 is 11.8 Å². The van der Waals surface area contributed by atoms with Gasteiger partial charge in [-0.2, -0.15) is 0 Å². The molecule has 1 atom stereocenters. The summed E-state index contributed by atoms with van der Waals surface area (Å²) in [4.78, 5) is 32.0. The molecule has 3 heterocycles. The van der Waals surface area contributed by atoms with E-state index in [1.807, 2.05) is 34.9 Å². The Balaban J connectivity index is 1.15. The van der Waals surface area contributed by atoms with E-state index in [1.54, 1.807) is 31.3 Å². The van der Waals surface area contributed by atoms with Gasteiger partial charge in [-0.3, -0.25) is 9.47 Å². The van der Waals surface area contributed by atoms with Crippen LogP contribution >= 0.6 is 0 Å². The molecule has 3 aromatic rings. The van der Waals surface area contributed by atoms with Crippen molar-refractivity contribution in [3.8, 4) is 11.5 Å². The smallest absolute Gasteiger partial charge is 0.414 e. The summed E-state index contributed by atoms with van der Waals surface area (Å²) in [7, 11) is 3.16. The minimum absolute atomic E-state index is 0.0345. The number of para-hydroxylation sites is 2. The molecular weight excluding hydrogens is 436 g/mol. The van der Waals surface area contributed by atoms with Gasteiger partial charge in [0.15, 0.2) is 11.5 Å². The molecule has 0 aliphatic carbocycles. The molecule has 34 heavy (non-hydrogen) atoms. The number of nitrogens with one attached hydrogen (secondary N) is 1. The fraction of sp³-hybridized carbons (Fsp3) is 0.440. The number of hydrogen-bond donors (Lipinski definition) is 1. The molecule has 0 bridgehead atoms. The van der Waals surface area contributed by atoms with Gasteiger partial charge in [0.05, 0.1) is 37.5 Å². The summed E-state index contributed by atoms with van der Waals surface area (Å²) in [5.41, 5.74) is 2.55. The number of rotatable bonds is 7. The van der Waals surface area contributed by atoms with Crippen LogP contribution in [0.1, 0.15) is 25.3 Å². The number of nitrogens with zero attached hydrogens (tertiary/aromatic N) is 3. The van der Waals surface area contributed by atoms with E-state index >= 15 is 0 Å². The molecule has 9 heteroatoms. The topological polar surface area (TPSA) is 89.0 Å². The summed E-state index contributed by atoms with van der Waals surface area (Å²) in [5.74, 6) is 1.20. The number of aromatic nitrogens is 2. The van der Waals surface area contributed by atoms with Gasteiger partial charge in [-0.05, 0) is 43.5 Å². The van der Waals surface area contributed by atoms with Crippen LogP contribution in [0.15, 0.2) is 47.3 Å². The highest BCUT2D eigenvalue weighted by molar-refractivity contribution is 5.90. The SMILES string of the molecule is COc1ccc(N2CC(CCN3CCC(n4c(=O)[nH]c5ccccc54)CC3)OC2=O)cc1OC. The molecular formula is C25H30N4O5. The van der Waals surface area contributed by atoms with E-state index < -0.39 is 0 Å². The number of fused-ring (bicyclic) bond motifs is 1. The highest BCUT2D eigenvalue weighted by Gasteiger charge is 2.33. The number of benzene rings is 2. The molecule has 9 nitrogen and oxygen atoms in total. The Bertz CT molecular complexity index is 1230. The predicted octanol–water partition coefficient (Wildman–Crippen LogP) is 3.40. The number of carbonyl (C=O) groups excluding carboxylic acids is 1. The third-order valence-electron chi connectivity index (χ3n) is 6.87. The van der Waals surface area contributed by atoms with Crippen molar-refractivity contribution in [2.45, 2.75) is 31.4 Å². The largest absolute Gasteiger partial charge is 0.493 e. The number of piperidine rings is 1. The Kier molecular flexibility index (Phi) is 6.19. The molecule has 5 rings (SSSR count). The fourth-order valence-corrected chi connectivity index (χ4v) is 5.04. The number of H-pyrrole nitrogens is 1. The number of carbonyl (C=O) groups is 1. The second kappa shape index (κ2) is 9.42. The zero-order valence-corrected chi connectivity index (χ0v) is 19.5. The maximum Gasteiger partial charge on any atom is 0.414 e. The molecule has 1 amide bonds. The van der Waals surface area contributed by atoms with Gasteiger partial charge in [0.2, 0.25) is 0 Å². The first-order valence-corrected chi connectivity index (χ1v) is 11.7. The summed E-state index contributed by atoms with van der Waals surface area (Å²) in [6, 6.07) is 13.5. The number of ether oxygens (including phenoxy) is 3. The predicted molar refractivity (Wildman–Crippen MR) is 129 cm³/mol. The summed E-state index contributed by atoms with van der Waals surface area (Å²) < 4.78 is 18.2. The molecule has 1 N–H and O–H groups in total. The van der Waals surface area contributed by atoms with E-state index in [4.69, 9.17) is 14.2 Å². The van der Waals surface area contributed by atoms with Gasteiger partial charge < -0.3 is 24.1 Å². The molecule has 0 saturated carbocycles. The Hall–Kier alpha value is -3.46. The zero-order chi connectivity index (χ0) is 23.7. The van der Waals surface area contributed by atoms with Gasteiger partial charge in [-0.1, -0.05) is 12.1 Å². The Morgan fingerprint density at radius 3 is 2.56 bits per heavy atom. The normalized spacial score (nSPS) is 19.5. The summed E-state index contributed by atoms with van der Waals surface area (Å²) >= 11 is 0. The highest BCUT2D eigenvalue weighted by atomic mass is 16.6. The standard InChI is InChI=1S/C25H30N4O5/c1-32-22-8-7-18(15-23(22)33-2)28-16-19(34-25(28)31)11-14-27-12-9-17(10-13-27)29-21-6-4-3-5-20(21)26-24(29)30/h3-8,15,17,19H,9-14,16H2,1-2H3,(H,26,30). The van der Waals surface area contributed by atoms with Crippen molar-refractivity contribution in [1.82, 2.24) is 14.5 Å². The lowest BCUT2D eigenvalue weighted by atomic mass is 10.0. The molecule has 2 saturated heterocycles. The van der Waals surface area contributed by atoms with Crippen LogP contribution in [0.5, 0.6) is 11.5 Å². The number of amides is 1. The molecule has 2 aliphatic rings. The van der Waals surface area contributed by atoms with Crippen molar-refractivity contribution in [1.29, 1.82) is 0 Å². The van der Waals surface area contributed by atoms with Crippen molar-refractivity contribution in [2.24, 2.45) is 0 Å². The number of hydrogen-bond acceptors (Lipinski definition) is 6. The molecule has 0 spiro atoms. The maximum atomic E-state index is 12.5. The third-order valence-corrected chi connectivity index (χ3v) is 6.87. The lowest BCUT2D eigenvalue weighted by Gasteiger charge is -2.32. The summed E-state index contributed by atoms with van der Waals surface area (Å²) in [6.45, 7) is 3.19. The van der Waals surface area contributed by atoms with E-state index in [2.05, 4.69) is 9.88 Å². The van der Waals surface area contributed by atoms with E-state index in [0.29, 0.717) is 18.0 Å². The minimum atomic E-state index is -0.338. The van der Waals surface area contributed by atoms with Gasteiger partial charge in [0, 0.05) is 31.7 Å². The number of aromatic amines is 1. The molecule has 2 fully saturated rings. The average Bonchev–Trinajstić information content (AvgIpc) is 3.41. The van der Waals surface area contributed by atoms with Crippen molar-refractivity contribution in [3.05, 3.63) is 52.9 Å². The first kappa shape index (κ1) is 22.3. The molecule has 1 unspecified atom stereocenters. The molecule has 180 valence electrons. The van der Waals surface area contributed by atoms with Crippen LogP contribution in [0.2, 0.25) is 0 Å². The Morgan fingerprint density at radius 2 is 1.79 bits per heavy atom. The number of anilines is 1. The van der Waals surface area contributed by atoms with Crippen LogP contribution in [0.3, 0.4) is 0 Å². The van der Waals surface area contributed by atoms with Gasteiger partial charge in [-0.15, -0.1) is 0 Å². The van der Waals surface area contributed by atoms with Crippen LogP contribution in [0, 0.1) is 0 Å². The van der Waals surface area contributed by atoms with E-state index in [9.17, 15) is 9.59 Å². The van der Waals surface area contributed by atoms with Crippen LogP contribution in [0.4, 0.5) is 10.5 Å². The van der Waals surface area contributed by atoms with Gasteiger partial charge in [0.25, 0.3) is 0 Å². The summed E-state index contributed by atoms with van der Waals surface area (Å²) in [6.07, 6.45) is 2.12. The lowest BCUT2D eigenvalue weighted by molar-refractivity contribution is 0.117. The fourth-order valence-electron chi connectivity index (χ4n) is 5.04. The Morgan fingerprint density at radius 1 is 1.03 bits per heavy atom. The molecule has 2 aliphatic heterocycles. The number of cyclic esters (lactones) is 1. The third kappa shape index (κ3) is 4.23. The number of likely N-dealkylation sites (tertiary alicyclic amines) is 1. The highest BCUT2D eigenvalue weighted by Crippen LogP contribution is 2.33. The second-order valence-corrected chi connectivity index (χ2v) is 8.83. The van der Waals surface area contributed by atoms with Crippen molar-refractivity contribution in [2.75, 3.05) is 45.3 Å². The number of methoxy groups -OCH3 is 2. The monoisotopic (exact) mass is 466 g/mol. The van der Waals surface area contributed by atoms with Crippen LogP contribution < -0.4 is 20.1 Å². The van der Waals surface area contributed by atoms with Crippen LogP contribution in [-0.4, -0.2) is 67.0 Å². The summed E-state index contributed by atoms with van der Waals surface area (Å²) in [5, 5.41) is 0. The van der Waals surface area contributed by atoms with E-state index in [0.717, 1.165) is 55.6 Å². The van der Waals surface area contributed by atoms with Gasteiger partial charge in [0.1, 0.15) is 6.10 Å². The maximum absolute atomic E-state index is 12.5. The van der Waals surface area contributed by atoms with Crippen molar-refractivity contribution < 1.29 is 19.0 Å². The van der Waals surface area contributed by atoms with Crippen molar-refractivity contribution in [3.63, 3.8) is 0 Å². The lowest BCUT2D eigenvalue weighted by Crippen LogP contribution is -2.38. The van der Waals surface area contributed by atoms with Crippen molar-refractivity contribution >= 4 is 22.8 Å². The van der Waals surface area contributed by atoms with Crippen LogP contribution in [0.25, 0.3) is 11.0 Å². The molecule has 0 radical (unpaired) electrons. The zero-order valence-electron chi connectivity index (χ0n) is 19.5. The quantitative estimate of drug-likeness (QED) is 0.574. The second-order valence-electron chi connectivity index (χ2n) is 8.83. The Labute approximate surface area is 197 Å². The van der Waals surface area contributed by atoms with Gasteiger partial charge in [-0.25, -0.2) is 9.59 Å². The average molecular weight is 467 g/mol. The molecule has 2 aromatic carbocycles. The minimum Gasteiger partial charge on any atom is -0.493 e. The van der Waals surface area contributed by atoms with E-state index in [1.165, 1.54) is 0 Å².